The predicted molar refractivity (Wildman–Crippen MR) is 91.4 cm³/mol. The summed E-state index contributed by atoms with van der Waals surface area (Å²) in [6, 6.07) is 16.3. The zero-order valence-corrected chi connectivity index (χ0v) is 13.8. The maximum atomic E-state index is 11.9. The molecule has 3 rings (SSSR count). The number of rotatable bonds is 4. The molecule has 1 atom stereocenters. The van der Waals surface area contributed by atoms with Crippen molar-refractivity contribution < 1.29 is 9.53 Å². The van der Waals surface area contributed by atoms with Crippen LogP contribution in [0.25, 0.3) is 0 Å². The molecular weight excluding hydrogens is 286 g/mol. The Bertz CT molecular complexity index is 676. The Morgan fingerprint density at radius 2 is 1.87 bits per heavy atom. The molecule has 3 heteroatoms. The van der Waals surface area contributed by atoms with Gasteiger partial charge < -0.3 is 9.64 Å². The monoisotopic (exact) mass is 309 g/mol. The van der Waals surface area contributed by atoms with Crippen LogP contribution in [-0.4, -0.2) is 24.9 Å². The average molecular weight is 309 g/mol. The van der Waals surface area contributed by atoms with Crippen molar-refractivity contribution in [1.29, 1.82) is 0 Å². The van der Waals surface area contributed by atoms with Crippen molar-refractivity contribution in [3.8, 4) is 0 Å². The van der Waals surface area contributed by atoms with Gasteiger partial charge in [0.25, 0.3) is 5.91 Å². The second-order valence-electron chi connectivity index (χ2n) is 6.29. The second kappa shape index (κ2) is 6.97. The number of benzene rings is 2. The number of fused-ring (bicyclic) bond motifs is 1. The van der Waals surface area contributed by atoms with Gasteiger partial charge in [-0.1, -0.05) is 36.4 Å². The molecule has 2 aromatic carbocycles. The van der Waals surface area contributed by atoms with Gasteiger partial charge in [-0.05, 0) is 48.1 Å². The van der Waals surface area contributed by atoms with Crippen LogP contribution in [0.3, 0.4) is 0 Å². The first-order valence-electron chi connectivity index (χ1n) is 8.15. The molecule has 120 valence electrons. The minimum atomic E-state index is 0.0266. The Hall–Kier alpha value is -2.13. The molecule has 1 amide bonds. The lowest BCUT2D eigenvalue weighted by molar-refractivity contribution is 0.0282. The topological polar surface area (TPSA) is 29.5 Å². The summed E-state index contributed by atoms with van der Waals surface area (Å²) in [5.74, 6) is 0.0266. The molecule has 0 heterocycles. The summed E-state index contributed by atoms with van der Waals surface area (Å²) in [4.78, 5) is 13.5. The lowest BCUT2D eigenvalue weighted by Gasteiger charge is -2.25. The molecule has 0 saturated carbocycles. The van der Waals surface area contributed by atoms with E-state index in [9.17, 15) is 4.79 Å². The average Bonchev–Trinajstić information content (AvgIpc) is 2.59. The van der Waals surface area contributed by atoms with Gasteiger partial charge in [-0.25, -0.2) is 0 Å². The third-order valence-corrected chi connectivity index (χ3v) is 4.37. The van der Waals surface area contributed by atoms with Crippen LogP contribution < -0.4 is 0 Å². The number of hydrogen-bond acceptors (Lipinski definition) is 2. The number of hydrogen-bond donors (Lipinski definition) is 0. The predicted octanol–water partition coefficient (Wildman–Crippen LogP) is 3.98. The molecule has 1 unspecified atom stereocenters. The first-order chi connectivity index (χ1) is 11.1. The molecule has 1 aliphatic carbocycles. The Morgan fingerprint density at radius 3 is 2.61 bits per heavy atom. The molecule has 2 aromatic rings. The number of ether oxygens (including phenoxy) is 1. The minimum absolute atomic E-state index is 0.0266. The van der Waals surface area contributed by atoms with Gasteiger partial charge in [-0.15, -0.1) is 0 Å². The van der Waals surface area contributed by atoms with Gasteiger partial charge in [0.2, 0.25) is 0 Å². The first-order valence-corrected chi connectivity index (χ1v) is 8.15. The molecule has 1 aliphatic rings. The van der Waals surface area contributed by atoms with Crippen LogP contribution in [0.4, 0.5) is 0 Å². The third kappa shape index (κ3) is 3.62. The zero-order chi connectivity index (χ0) is 16.2. The molecule has 0 N–H and O–H groups in total. The van der Waals surface area contributed by atoms with E-state index in [4.69, 9.17) is 4.74 Å². The molecule has 0 aliphatic heterocycles. The van der Waals surface area contributed by atoms with Crippen LogP contribution in [0.2, 0.25) is 0 Å². The van der Waals surface area contributed by atoms with Gasteiger partial charge in [0.15, 0.2) is 0 Å². The summed E-state index contributed by atoms with van der Waals surface area (Å²) < 4.78 is 6.15. The van der Waals surface area contributed by atoms with Crippen molar-refractivity contribution in [2.45, 2.75) is 32.0 Å². The fraction of sp³-hybridized carbons (Fsp3) is 0.350. The summed E-state index contributed by atoms with van der Waals surface area (Å²) in [5.41, 5.74) is 4.55. The smallest absolute Gasteiger partial charge is 0.253 e. The molecule has 0 spiro atoms. The van der Waals surface area contributed by atoms with Crippen molar-refractivity contribution >= 4 is 5.91 Å². The largest absolute Gasteiger partial charge is 0.369 e. The summed E-state index contributed by atoms with van der Waals surface area (Å²) >= 11 is 0. The van der Waals surface area contributed by atoms with E-state index in [2.05, 4.69) is 24.3 Å². The Morgan fingerprint density at radius 1 is 1.13 bits per heavy atom. The van der Waals surface area contributed by atoms with Crippen molar-refractivity contribution in [1.82, 2.24) is 4.90 Å². The molecule has 0 saturated heterocycles. The Kier molecular flexibility index (Phi) is 4.77. The summed E-state index contributed by atoms with van der Waals surface area (Å²) in [5, 5.41) is 0. The number of carbonyl (C=O) groups excluding carboxylic acids is 1. The summed E-state index contributed by atoms with van der Waals surface area (Å²) in [6.45, 7) is 0.579. The van der Waals surface area contributed by atoms with E-state index in [1.165, 1.54) is 17.5 Å². The van der Waals surface area contributed by atoms with E-state index in [1.807, 2.05) is 24.3 Å². The number of amides is 1. The van der Waals surface area contributed by atoms with Gasteiger partial charge in [-0.2, -0.15) is 0 Å². The first kappa shape index (κ1) is 15.8. The van der Waals surface area contributed by atoms with Crippen molar-refractivity contribution in [2.75, 3.05) is 14.1 Å². The molecule has 0 aromatic heterocycles. The second-order valence-corrected chi connectivity index (χ2v) is 6.29. The zero-order valence-electron chi connectivity index (χ0n) is 13.8. The quantitative estimate of drug-likeness (QED) is 0.855. The van der Waals surface area contributed by atoms with Gasteiger partial charge in [-0.3, -0.25) is 4.79 Å². The van der Waals surface area contributed by atoms with Gasteiger partial charge >= 0.3 is 0 Å². The fourth-order valence-electron chi connectivity index (χ4n) is 3.08. The molecule has 3 nitrogen and oxygen atoms in total. The number of aryl methyl sites for hydroxylation is 1. The highest BCUT2D eigenvalue weighted by molar-refractivity contribution is 5.93. The molecule has 23 heavy (non-hydrogen) atoms. The third-order valence-electron chi connectivity index (χ3n) is 4.37. The highest BCUT2D eigenvalue weighted by Crippen LogP contribution is 2.32. The van der Waals surface area contributed by atoms with Crippen LogP contribution in [-0.2, 0) is 17.8 Å². The highest BCUT2D eigenvalue weighted by Gasteiger charge is 2.20. The normalized spacial score (nSPS) is 16.7. The van der Waals surface area contributed by atoms with Crippen LogP contribution in [0, 0.1) is 0 Å². The van der Waals surface area contributed by atoms with E-state index in [-0.39, 0.29) is 12.0 Å². The molecule has 0 fully saturated rings. The maximum absolute atomic E-state index is 11.9. The van der Waals surface area contributed by atoms with E-state index >= 15 is 0 Å². The SMILES string of the molecule is CN(C)C(=O)c1ccc(COC2CCCc3ccccc32)cc1. The van der Waals surface area contributed by atoms with Gasteiger partial charge in [0.05, 0.1) is 12.7 Å². The van der Waals surface area contributed by atoms with Gasteiger partial charge in [0.1, 0.15) is 0 Å². The fourth-order valence-corrected chi connectivity index (χ4v) is 3.08. The van der Waals surface area contributed by atoms with Gasteiger partial charge in [0, 0.05) is 19.7 Å². The number of nitrogens with zero attached hydrogens (tertiary/aromatic N) is 1. The lowest BCUT2D eigenvalue weighted by Crippen LogP contribution is -2.21. The summed E-state index contributed by atoms with van der Waals surface area (Å²) in [6.07, 6.45) is 3.59. The Balaban J connectivity index is 1.64. The van der Waals surface area contributed by atoms with Crippen molar-refractivity contribution in [3.05, 3.63) is 70.8 Å². The van der Waals surface area contributed by atoms with E-state index in [0.717, 1.165) is 18.4 Å². The molecular formula is C20H23NO2. The van der Waals surface area contributed by atoms with E-state index in [1.54, 1.807) is 19.0 Å². The van der Waals surface area contributed by atoms with Crippen molar-refractivity contribution in [3.63, 3.8) is 0 Å². The molecule has 0 bridgehead atoms. The van der Waals surface area contributed by atoms with E-state index < -0.39 is 0 Å². The highest BCUT2D eigenvalue weighted by atomic mass is 16.5. The van der Waals surface area contributed by atoms with E-state index in [0.29, 0.717) is 12.2 Å². The van der Waals surface area contributed by atoms with Crippen molar-refractivity contribution in [2.24, 2.45) is 0 Å². The minimum Gasteiger partial charge on any atom is -0.369 e. The van der Waals surface area contributed by atoms with Crippen LogP contribution in [0.15, 0.2) is 48.5 Å². The van der Waals surface area contributed by atoms with Crippen LogP contribution in [0.1, 0.15) is 46.0 Å². The number of carbonyl (C=O) groups is 1. The standard InChI is InChI=1S/C20H23NO2/c1-21(2)20(22)17-12-10-15(11-13-17)14-23-19-9-5-7-16-6-3-4-8-18(16)19/h3-4,6,8,10-13,19H,5,7,9,14H2,1-2H3. The van der Waals surface area contributed by atoms with Crippen LogP contribution >= 0.6 is 0 Å². The maximum Gasteiger partial charge on any atom is 0.253 e. The lowest BCUT2D eigenvalue weighted by atomic mass is 9.89. The Labute approximate surface area is 137 Å². The molecule has 0 radical (unpaired) electrons. The van der Waals surface area contributed by atoms with Crippen LogP contribution in [0.5, 0.6) is 0 Å². The summed E-state index contributed by atoms with van der Waals surface area (Å²) in [7, 11) is 3.53.